The summed E-state index contributed by atoms with van der Waals surface area (Å²) in [6.07, 6.45) is 1.62. The predicted molar refractivity (Wildman–Crippen MR) is 97.6 cm³/mol. The number of thiazole rings is 1. The summed E-state index contributed by atoms with van der Waals surface area (Å²) in [6.45, 7) is 4.07. The molecule has 0 radical (unpaired) electrons. The van der Waals surface area contributed by atoms with E-state index < -0.39 is 0 Å². The number of carbonyl (C=O) groups is 1. The van der Waals surface area contributed by atoms with Gasteiger partial charge < -0.3 is 5.32 Å². The molecule has 3 aromatic rings. The van der Waals surface area contributed by atoms with Crippen LogP contribution in [0.25, 0.3) is 10.2 Å². The molecule has 124 valence electrons. The fraction of sp³-hybridized carbons (Fsp3) is 0.312. The molecule has 0 aliphatic heterocycles. The van der Waals surface area contributed by atoms with E-state index in [-0.39, 0.29) is 11.7 Å². The zero-order chi connectivity index (χ0) is 16.9. The van der Waals surface area contributed by atoms with Crippen LogP contribution >= 0.6 is 23.1 Å². The van der Waals surface area contributed by atoms with Crippen molar-refractivity contribution in [1.29, 1.82) is 0 Å². The van der Waals surface area contributed by atoms with Gasteiger partial charge in [-0.05, 0) is 25.0 Å². The van der Waals surface area contributed by atoms with Crippen molar-refractivity contribution < 1.29 is 4.79 Å². The molecule has 0 bridgehead atoms. The first-order chi connectivity index (χ1) is 11.7. The Labute approximate surface area is 148 Å². The summed E-state index contributed by atoms with van der Waals surface area (Å²) < 4.78 is 1.05. The molecule has 2 aromatic heterocycles. The first kappa shape index (κ1) is 16.8. The molecular weight excluding hydrogens is 342 g/mol. The van der Waals surface area contributed by atoms with Crippen LogP contribution in [0, 0.1) is 0 Å². The number of benzene rings is 1. The van der Waals surface area contributed by atoms with Gasteiger partial charge in [0.15, 0.2) is 5.13 Å². The minimum absolute atomic E-state index is 0.125. The van der Waals surface area contributed by atoms with E-state index in [1.807, 2.05) is 38.1 Å². The molecule has 0 aliphatic rings. The number of carbonyl (C=O) groups excluding carboxylic acids is 1. The van der Waals surface area contributed by atoms with Crippen molar-refractivity contribution >= 4 is 44.4 Å². The van der Waals surface area contributed by atoms with Crippen LogP contribution in [-0.4, -0.2) is 31.8 Å². The van der Waals surface area contributed by atoms with Crippen LogP contribution in [0.5, 0.6) is 0 Å². The molecule has 0 aliphatic carbocycles. The monoisotopic (exact) mass is 359 g/mol. The molecule has 0 fully saturated rings. The molecule has 6 nitrogen and oxygen atoms in total. The third kappa shape index (κ3) is 3.88. The maximum Gasteiger partial charge on any atom is 0.236 e. The summed E-state index contributed by atoms with van der Waals surface area (Å²) >= 11 is 2.75. The molecule has 8 heteroatoms. The largest absolute Gasteiger partial charge is 0.301 e. The average Bonchev–Trinajstić information content (AvgIpc) is 3.01. The molecule has 0 unspecified atom stereocenters. The number of fused-ring (bicyclic) bond motifs is 1. The van der Waals surface area contributed by atoms with Gasteiger partial charge in [-0.3, -0.25) is 4.79 Å². The second kappa shape index (κ2) is 7.67. The third-order valence-electron chi connectivity index (χ3n) is 3.36. The van der Waals surface area contributed by atoms with Gasteiger partial charge in [0.25, 0.3) is 0 Å². The Kier molecular flexibility index (Phi) is 5.37. The van der Waals surface area contributed by atoms with Crippen LogP contribution in [0.2, 0.25) is 0 Å². The first-order valence-corrected chi connectivity index (χ1v) is 9.50. The maximum atomic E-state index is 12.1. The van der Waals surface area contributed by atoms with Gasteiger partial charge in [-0.2, -0.15) is 5.10 Å². The van der Waals surface area contributed by atoms with E-state index >= 15 is 0 Å². The van der Waals surface area contributed by atoms with Crippen molar-refractivity contribution in [3.8, 4) is 0 Å². The van der Waals surface area contributed by atoms with Gasteiger partial charge in [-0.15, -0.1) is 5.10 Å². The number of thioether (sulfide) groups is 1. The highest BCUT2D eigenvalue weighted by Crippen LogP contribution is 2.25. The van der Waals surface area contributed by atoms with E-state index in [1.165, 1.54) is 23.1 Å². The van der Waals surface area contributed by atoms with Gasteiger partial charge in [-0.25, -0.2) is 9.97 Å². The zero-order valence-electron chi connectivity index (χ0n) is 13.4. The van der Waals surface area contributed by atoms with Gasteiger partial charge in [0.05, 0.1) is 27.4 Å². The first-order valence-electron chi connectivity index (χ1n) is 7.70. The smallest absolute Gasteiger partial charge is 0.236 e. The Morgan fingerprint density at radius 2 is 1.92 bits per heavy atom. The van der Waals surface area contributed by atoms with Crippen molar-refractivity contribution in [3.63, 3.8) is 0 Å². The molecule has 1 N–H and O–H groups in total. The number of aryl methyl sites for hydroxylation is 2. The number of hydrogen-bond acceptors (Lipinski definition) is 7. The number of anilines is 1. The van der Waals surface area contributed by atoms with Crippen LogP contribution in [-0.2, 0) is 17.6 Å². The molecule has 1 aromatic carbocycles. The molecule has 0 saturated carbocycles. The van der Waals surface area contributed by atoms with Crippen molar-refractivity contribution in [1.82, 2.24) is 20.2 Å². The SMILES string of the molecule is CCc1nnc(SCC(=O)Nc2nc3ccccc3s2)nc1CC. The number of amides is 1. The lowest BCUT2D eigenvalue weighted by molar-refractivity contribution is -0.113. The van der Waals surface area contributed by atoms with Crippen LogP contribution in [0.15, 0.2) is 29.4 Å². The Balaban J connectivity index is 1.61. The van der Waals surface area contributed by atoms with E-state index in [1.54, 1.807) is 0 Å². The summed E-state index contributed by atoms with van der Waals surface area (Å²) in [5, 5.41) is 12.2. The quantitative estimate of drug-likeness (QED) is 0.680. The number of nitrogens with zero attached hydrogens (tertiary/aromatic N) is 4. The second-order valence-corrected chi connectivity index (χ2v) is 6.99. The maximum absolute atomic E-state index is 12.1. The molecule has 1 amide bonds. The zero-order valence-corrected chi connectivity index (χ0v) is 15.1. The van der Waals surface area contributed by atoms with E-state index in [9.17, 15) is 4.79 Å². The Morgan fingerprint density at radius 1 is 1.12 bits per heavy atom. The fourth-order valence-electron chi connectivity index (χ4n) is 2.19. The third-order valence-corrected chi connectivity index (χ3v) is 5.15. The van der Waals surface area contributed by atoms with Gasteiger partial charge in [-0.1, -0.05) is 49.1 Å². The molecule has 0 atom stereocenters. The highest BCUT2D eigenvalue weighted by Gasteiger charge is 2.11. The number of hydrogen-bond donors (Lipinski definition) is 1. The van der Waals surface area contributed by atoms with Gasteiger partial charge in [0, 0.05) is 0 Å². The number of rotatable bonds is 6. The minimum Gasteiger partial charge on any atom is -0.301 e. The Bertz CT molecular complexity index is 832. The minimum atomic E-state index is -0.125. The van der Waals surface area contributed by atoms with Crippen LogP contribution < -0.4 is 5.32 Å². The Hall–Kier alpha value is -2.06. The molecule has 2 heterocycles. The van der Waals surface area contributed by atoms with Crippen LogP contribution in [0.4, 0.5) is 5.13 Å². The molecule has 24 heavy (non-hydrogen) atoms. The lowest BCUT2D eigenvalue weighted by Gasteiger charge is -2.05. The summed E-state index contributed by atoms with van der Waals surface area (Å²) in [7, 11) is 0. The summed E-state index contributed by atoms with van der Waals surface area (Å²) in [6, 6.07) is 7.80. The lowest BCUT2D eigenvalue weighted by atomic mass is 10.2. The highest BCUT2D eigenvalue weighted by atomic mass is 32.2. The molecule has 0 spiro atoms. The molecular formula is C16H17N5OS2. The lowest BCUT2D eigenvalue weighted by Crippen LogP contribution is -2.14. The number of para-hydroxylation sites is 1. The highest BCUT2D eigenvalue weighted by molar-refractivity contribution is 7.99. The van der Waals surface area contributed by atoms with E-state index in [0.29, 0.717) is 10.3 Å². The molecule has 3 rings (SSSR count). The van der Waals surface area contributed by atoms with Crippen molar-refractivity contribution in [2.75, 3.05) is 11.1 Å². The van der Waals surface area contributed by atoms with E-state index in [4.69, 9.17) is 0 Å². The number of aromatic nitrogens is 4. The van der Waals surface area contributed by atoms with Crippen LogP contribution in [0.3, 0.4) is 0 Å². The van der Waals surface area contributed by atoms with E-state index in [0.717, 1.165) is 34.4 Å². The molecule has 0 saturated heterocycles. The Morgan fingerprint density at radius 3 is 2.67 bits per heavy atom. The number of nitrogens with one attached hydrogen (secondary N) is 1. The summed E-state index contributed by atoms with van der Waals surface area (Å²) in [4.78, 5) is 21.0. The summed E-state index contributed by atoms with van der Waals surface area (Å²) in [5.74, 6) is 0.104. The van der Waals surface area contributed by atoms with Gasteiger partial charge >= 0.3 is 0 Å². The van der Waals surface area contributed by atoms with Crippen molar-refractivity contribution in [2.45, 2.75) is 31.8 Å². The van der Waals surface area contributed by atoms with Gasteiger partial charge in [0.1, 0.15) is 0 Å². The standard InChI is InChI=1S/C16H17N5OS2/c1-3-10-11(4-2)20-21-16(17-10)23-9-14(22)19-15-18-12-7-5-6-8-13(12)24-15/h5-8H,3-4,9H2,1-2H3,(H,18,19,22). The average molecular weight is 359 g/mol. The topological polar surface area (TPSA) is 80.7 Å². The fourth-order valence-corrected chi connectivity index (χ4v) is 3.68. The van der Waals surface area contributed by atoms with Crippen molar-refractivity contribution in [3.05, 3.63) is 35.7 Å². The second-order valence-electron chi connectivity index (χ2n) is 5.02. The normalized spacial score (nSPS) is 10.9. The van der Waals surface area contributed by atoms with Crippen molar-refractivity contribution in [2.24, 2.45) is 0 Å². The predicted octanol–water partition coefficient (Wildman–Crippen LogP) is 3.34. The summed E-state index contributed by atoms with van der Waals surface area (Å²) in [5.41, 5.74) is 2.75. The van der Waals surface area contributed by atoms with Crippen LogP contribution in [0.1, 0.15) is 25.2 Å². The van der Waals surface area contributed by atoms with Gasteiger partial charge in [0.2, 0.25) is 11.1 Å². The van der Waals surface area contributed by atoms with E-state index in [2.05, 4.69) is 25.5 Å².